The number of carbonyl (C=O) groups is 1. The summed E-state index contributed by atoms with van der Waals surface area (Å²) < 4.78 is 5.10. The molecule has 21 heavy (non-hydrogen) atoms. The van der Waals surface area contributed by atoms with Crippen LogP contribution >= 0.6 is 11.6 Å². The van der Waals surface area contributed by atoms with Crippen molar-refractivity contribution in [3.8, 4) is 0 Å². The number of nitrogens with one attached hydrogen (secondary N) is 2. The predicted octanol–water partition coefficient (Wildman–Crippen LogP) is 2.20. The first kappa shape index (κ1) is 13.9. The van der Waals surface area contributed by atoms with Gasteiger partial charge in [-0.05, 0) is 35.3 Å². The molecule has 1 aliphatic heterocycles. The number of anilines is 2. The van der Waals surface area contributed by atoms with Crippen molar-refractivity contribution in [2.45, 2.75) is 6.61 Å². The highest BCUT2D eigenvalue weighted by molar-refractivity contribution is 6.61. The van der Waals surface area contributed by atoms with Gasteiger partial charge in [0.05, 0.1) is 17.3 Å². The lowest BCUT2D eigenvalue weighted by molar-refractivity contribution is 0.262. The molecular weight excluding hydrogens is 290 g/mol. The fourth-order valence-corrected chi connectivity index (χ4v) is 2.32. The maximum Gasteiger partial charge on any atom is 0.491 e. The summed E-state index contributed by atoms with van der Waals surface area (Å²) in [6, 6.07) is 11.8. The molecule has 7 heteroatoms. The first-order valence-corrected chi connectivity index (χ1v) is 6.76. The number of hydrogen-bond acceptors (Lipinski definition) is 3. The summed E-state index contributed by atoms with van der Waals surface area (Å²) in [4.78, 5) is 11.9. The van der Waals surface area contributed by atoms with Crippen molar-refractivity contribution < 1.29 is 14.5 Å². The van der Waals surface area contributed by atoms with Crippen LogP contribution in [0.5, 0.6) is 0 Å². The fourth-order valence-electron chi connectivity index (χ4n) is 2.14. The van der Waals surface area contributed by atoms with E-state index in [1.54, 1.807) is 36.4 Å². The van der Waals surface area contributed by atoms with E-state index in [9.17, 15) is 9.82 Å². The summed E-state index contributed by atoms with van der Waals surface area (Å²) in [5.41, 5.74) is 2.69. The number of fused-ring (bicyclic) bond motifs is 1. The number of halogens is 1. The van der Waals surface area contributed by atoms with Crippen molar-refractivity contribution in [3.05, 3.63) is 53.1 Å². The Hall–Kier alpha value is -2.02. The minimum Gasteiger partial charge on any atom is -0.423 e. The molecule has 0 radical (unpaired) electrons. The van der Waals surface area contributed by atoms with Crippen LogP contribution in [-0.2, 0) is 11.3 Å². The molecule has 0 bridgehead atoms. The van der Waals surface area contributed by atoms with Gasteiger partial charge >= 0.3 is 13.1 Å². The van der Waals surface area contributed by atoms with E-state index in [1.165, 1.54) is 0 Å². The van der Waals surface area contributed by atoms with Gasteiger partial charge in [0.2, 0.25) is 0 Å². The average molecular weight is 303 g/mol. The Morgan fingerprint density at radius 3 is 2.86 bits per heavy atom. The zero-order valence-corrected chi connectivity index (χ0v) is 11.7. The Bertz CT molecular complexity index is 696. The van der Waals surface area contributed by atoms with Crippen molar-refractivity contribution >= 4 is 41.6 Å². The van der Waals surface area contributed by atoms with Crippen LogP contribution in [0.2, 0.25) is 5.02 Å². The van der Waals surface area contributed by atoms with Gasteiger partial charge in [-0.1, -0.05) is 29.8 Å². The van der Waals surface area contributed by atoms with Crippen LogP contribution in [-0.4, -0.2) is 18.2 Å². The highest BCUT2D eigenvalue weighted by Crippen LogP contribution is 2.21. The highest BCUT2D eigenvalue weighted by atomic mass is 35.5. The van der Waals surface area contributed by atoms with Gasteiger partial charge < -0.3 is 20.3 Å². The van der Waals surface area contributed by atoms with Crippen LogP contribution in [0.4, 0.5) is 16.2 Å². The van der Waals surface area contributed by atoms with Gasteiger partial charge in [0.15, 0.2) is 0 Å². The molecular formula is C14H12BClN2O3. The third kappa shape index (κ3) is 3.02. The number of carbonyl (C=O) groups excluding carboxylic acids is 1. The van der Waals surface area contributed by atoms with Gasteiger partial charge in [-0.2, -0.15) is 0 Å². The number of rotatable bonds is 2. The van der Waals surface area contributed by atoms with E-state index in [2.05, 4.69) is 10.6 Å². The normalized spacial score (nSPS) is 13.0. The topological polar surface area (TPSA) is 70.6 Å². The second-order valence-corrected chi connectivity index (χ2v) is 5.04. The lowest BCUT2D eigenvalue weighted by atomic mass is 9.79. The standard InChI is InChI=1S/C14H12BClN2O3/c16-12-3-1-2-4-13(12)18-14(19)17-10-6-5-9-8-21-15(20)11(9)7-10/h1-7,20H,8H2,(H2,17,18,19). The monoisotopic (exact) mass is 302 g/mol. The van der Waals surface area contributed by atoms with Crippen molar-refractivity contribution in [2.24, 2.45) is 0 Å². The molecule has 0 spiro atoms. The van der Waals surface area contributed by atoms with Crippen LogP contribution in [0.25, 0.3) is 0 Å². The smallest absolute Gasteiger partial charge is 0.423 e. The summed E-state index contributed by atoms with van der Waals surface area (Å²) >= 11 is 5.98. The van der Waals surface area contributed by atoms with Gasteiger partial charge in [-0.15, -0.1) is 0 Å². The van der Waals surface area contributed by atoms with Crippen LogP contribution < -0.4 is 16.1 Å². The van der Waals surface area contributed by atoms with Crippen molar-refractivity contribution in [3.63, 3.8) is 0 Å². The number of amides is 2. The molecule has 106 valence electrons. The van der Waals surface area contributed by atoms with Crippen LogP contribution in [0.15, 0.2) is 42.5 Å². The largest absolute Gasteiger partial charge is 0.491 e. The predicted molar refractivity (Wildman–Crippen MR) is 82.9 cm³/mol. The van der Waals surface area contributed by atoms with Crippen molar-refractivity contribution in [1.29, 1.82) is 0 Å². The molecule has 0 aromatic heterocycles. The van der Waals surface area contributed by atoms with Gasteiger partial charge in [0.25, 0.3) is 0 Å². The summed E-state index contributed by atoms with van der Waals surface area (Å²) in [6.07, 6.45) is 0. The zero-order chi connectivity index (χ0) is 14.8. The molecule has 5 nitrogen and oxygen atoms in total. The van der Waals surface area contributed by atoms with Gasteiger partial charge in [-0.3, -0.25) is 0 Å². The lowest BCUT2D eigenvalue weighted by Gasteiger charge is -2.10. The van der Waals surface area contributed by atoms with Crippen molar-refractivity contribution in [1.82, 2.24) is 0 Å². The quantitative estimate of drug-likeness (QED) is 0.745. The molecule has 3 rings (SSSR count). The summed E-state index contributed by atoms with van der Waals surface area (Å²) in [5.74, 6) is 0. The Morgan fingerprint density at radius 1 is 1.24 bits per heavy atom. The average Bonchev–Trinajstić information content (AvgIpc) is 2.83. The van der Waals surface area contributed by atoms with E-state index in [0.29, 0.717) is 28.5 Å². The van der Waals surface area contributed by atoms with Crippen LogP contribution in [0.1, 0.15) is 5.56 Å². The molecule has 2 amide bonds. The van der Waals surface area contributed by atoms with Gasteiger partial charge in [0, 0.05) is 5.69 Å². The maximum absolute atomic E-state index is 11.9. The summed E-state index contributed by atoms with van der Waals surface area (Å²) in [6.45, 7) is 0.378. The molecule has 0 saturated heterocycles. The molecule has 2 aromatic carbocycles. The third-order valence-corrected chi connectivity index (χ3v) is 3.52. The van der Waals surface area contributed by atoms with Crippen LogP contribution in [0.3, 0.4) is 0 Å². The molecule has 0 saturated carbocycles. The van der Waals surface area contributed by atoms with Crippen LogP contribution in [0, 0.1) is 0 Å². The van der Waals surface area contributed by atoms with Crippen molar-refractivity contribution in [2.75, 3.05) is 10.6 Å². The summed E-state index contributed by atoms with van der Waals surface area (Å²) in [7, 11) is -0.937. The Labute approximate surface area is 127 Å². The zero-order valence-electron chi connectivity index (χ0n) is 11.0. The molecule has 0 aliphatic carbocycles. The number of benzene rings is 2. The Morgan fingerprint density at radius 2 is 2.05 bits per heavy atom. The molecule has 0 atom stereocenters. The lowest BCUT2D eigenvalue weighted by Crippen LogP contribution is -2.29. The summed E-state index contributed by atoms with van der Waals surface area (Å²) in [5, 5.41) is 15.5. The van der Waals surface area contributed by atoms with E-state index in [-0.39, 0.29) is 0 Å². The molecule has 1 aliphatic rings. The maximum atomic E-state index is 11.9. The first-order valence-electron chi connectivity index (χ1n) is 6.38. The second kappa shape index (κ2) is 5.77. The number of urea groups is 1. The number of para-hydroxylation sites is 1. The molecule has 2 aromatic rings. The van der Waals surface area contributed by atoms with Gasteiger partial charge in [-0.25, -0.2) is 4.79 Å². The molecule has 1 heterocycles. The SMILES string of the molecule is O=C(Nc1ccc2c(c1)B(O)OC2)Nc1ccccc1Cl. The third-order valence-electron chi connectivity index (χ3n) is 3.19. The fraction of sp³-hybridized carbons (Fsp3) is 0.0714. The minimum absolute atomic E-state index is 0.378. The van der Waals surface area contributed by atoms with Gasteiger partial charge in [0.1, 0.15) is 0 Å². The molecule has 0 fully saturated rings. The Balaban J connectivity index is 1.71. The minimum atomic E-state index is -0.937. The first-order chi connectivity index (χ1) is 10.1. The van der Waals surface area contributed by atoms with E-state index in [4.69, 9.17) is 16.3 Å². The van der Waals surface area contributed by atoms with E-state index >= 15 is 0 Å². The highest BCUT2D eigenvalue weighted by Gasteiger charge is 2.27. The number of hydrogen-bond donors (Lipinski definition) is 3. The molecule has 0 unspecified atom stereocenters. The Kier molecular flexibility index (Phi) is 3.83. The molecule has 3 N–H and O–H groups in total. The van der Waals surface area contributed by atoms with E-state index in [1.807, 2.05) is 6.07 Å². The van der Waals surface area contributed by atoms with E-state index < -0.39 is 13.1 Å². The van der Waals surface area contributed by atoms with E-state index in [0.717, 1.165) is 5.56 Å². The second-order valence-electron chi connectivity index (χ2n) is 4.64.